The Morgan fingerprint density at radius 2 is 1.95 bits per heavy atom. The van der Waals surface area contributed by atoms with E-state index in [0.29, 0.717) is 30.2 Å². The Hall–Kier alpha value is -4.04. The van der Waals surface area contributed by atoms with E-state index in [2.05, 4.69) is 32.0 Å². The lowest BCUT2D eigenvalue weighted by Crippen LogP contribution is -2.38. The number of aromatic nitrogens is 3. The lowest BCUT2D eigenvalue weighted by molar-refractivity contribution is -0.117. The molecule has 4 aromatic rings. The Labute approximate surface area is 246 Å². The van der Waals surface area contributed by atoms with Gasteiger partial charge in [-0.3, -0.25) is 4.79 Å². The molecule has 1 aliphatic heterocycles. The summed E-state index contributed by atoms with van der Waals surface area (Å²) in [5.41, 5.74) is 3.33. The second kappa shape index (κ2) is 11.7. The minimum absolute atomic E-state index is 0.104. The minimum Gasteiger partial charge on any atom is -0.437 e. The highest BCUT2D eigenvalue weighted by atomic mass is 16.5. The fourth-order valence-corrected chi connectivity index (χ4v) is 7.25. The quantitative estimate of drug-likeness (QED) is 0.219. The van der Waals surface area contributed by atoms with Crippen molar-refractivity contribution in [2.45, 2.75) is 57.9 Å². The van der Waals surface area contributed by atoms with Crippen LogP contribution in [0.25, 0.3) is 22.0 Å². The maximum atomic E-state index is 13.1. The highest BCUT2D eigenvalue weighted by Crippen LogP contribution is 2.49. The summed E-state index contributed by atoms with van der Waals surface area (Å²) in [6.07, 6.45) is 11.5. The molecule has 2 aromatic heterocycles. The molecule has 2 aliphatic carbocycles. The molecule has 1 saturated heterocycles. The first-order valence-electron chi connectivity index (χ1n) is 15.4. The second-order valence-corrected chi connectivity index (χ2v) is 12.2. The number of hydrogen-bond donors (Lipinski definition) is 3. The zero-order chi connectivity index (χ0) is 28.5. The average Bonchev–Trinajstić information content (AvgIpc) is 3.63. The monoisotopic (exact) mass is 562 g/mol. The summed E-state index contributed by atoms with van der Waals surface area (Å²) in [5, 5.41) is 12.0. The third kappa shape index (κ3) is 5.55. The zero-order valence-electron chi connectivity index (χ0n) is 24.1. The third-order valence-electron chi connectivity index (χ3n) is 9.35. The third-order valence-corrected chi connectivity index (χ3v) is 9.35. The Kier molecular flexibility index (Phi) is 7.46. The number of nitrogens with zero attached hydrogens (tertiary/aromatic N) is 3. The largest absolute Gasteiger partial charge is 0.437 e. The average molecular weight is 563 g/mol. The Balaban J connectivity index is 1.14. The van der Waals surface area contributed by atoms with Gasteiger partial charge in [0.15, 0.2) is 0 Å². The number of carbonyl (C=O) groups is 1. The van der Waals surface area contributed by atoms with Gasteiger partial charge in [-0.05, 0) is 93.2 Å². The van der Waals surface area contributed by atoms with Gasteiger partial charge >= 0.3 is 0 Å². The van der Waals surface area contributed by atoms with E-state index in [4.69, 9.17) is 9.72 Å². The summed E-state index contributed by atoms with van der Waals surface area (Å²) >= 11 is 0. The van der Waals surface area contributed by atoms with Crippen molar-refractivity contribution in [3.8, 4) is 22.9 Å². The van der Waals surface area contributed by atoms with E-state index < -0.39 is 0 Å². The molecule has 42 heavy (non-hydrogen) atoms. The highest BCUT2D eigenvalue weighted by Gasteiger charge is 2.40. The van der Waals surface area contributed by atoms with Gasteiger partial charge in [0.1, 0.15) is 5.75 Å². The first kappa shape index (κ1) is 26.8. The van der Waals surface area contributed by atoms with E-state index in [1.165, 1.54) is 25.7 Å². The number of amides is 1. The number of pyridine rings is 1. The normalized spacial score (nSPS) is 23.2. The van der Waals surface area contributed by atoms with Crippen LogP contribution in [0.1, 0.15) is 50.5 Å². The van der Waals surface area contributed by atoms with Gasteiger partial charge in [0, 0.05) is 47.9 Å². The van der Waals surface area contributed by atoms with Crippen molar-refractivity contribution in [3.63, 3.8) is 0 Å². The van der Waals surface area contributed by atoms with Crippen molar-refractivity contribution in [1.29, 1.82) is 0 Å². The molecule has 2 saturated carbocycles. The number of benzene rings is 2. The fraction of sp³-hybridized carbons (Fsp3) is 0.412. The van der Waals surface area contributed by atoms with Crippen LogP contribution in [0.15, 0.2) is 60.9 Å². The van der Waals surface area contributed by atoms with E-state index in [1.807, 2.05) is 49.4 Å². The van der Waals surface area contributed by atoms with Gasteiger partial charge in [0.2, 0.25) is 17.7 Å². The van der Waals surface area contributed by atoms with Crippen LogP contribution in [0.2, 0.25) is 0 Å². The molecule has 3 N–H and O–H groups in total. The number of carbonyl (C=O) groups excluding carboxylic acids is 1. The number of piperidine rings is 1. The van der Waals surface area contributed by atoms with Crippen LogP contribution in [0.5, 0.6) is 11.6 Å². The second-order valence-electron chi connectivity index (χ2n) is 12.2. The predicted octanol–water partition coefficient (Wildman–Crippen LogP) is 6.72. The lowest BCUT2D eigenvalue weighted by Gasteiger charge is -2.23. The van der Waals surface area contributed by atoms with Gasteiger partial charge in [-0.2, -0.15) is 0 Å². The van der Waals surface area contributed by atoms with Crippen molar-refractivity contribution in [1.82, 2.24) is 20.3 Å². The first-order valence-corrected chi connectivity index (χ1v) is 15.4. The standard InChI is InChI=1S/C34H38N6O2/c1-21-9-12-26-27(6-2-8-29(26)39-31(41)19-24-18-22-10-11-23(24)17-22)32(21)42-33-28(7-4-15-36-33)30-13-16-37-34(40-30)38-25-5-3-14-35-20-25/h2,4,6-9,12-13,15-16,22-25,35H,3,5,10-11,14,17-20H2,1H3,(H,39,41)(H,37,38,40). The van der Waals surface area contributed by atoms with Crippen LogP contribution in [0.3, 0.4) is 0 Å². The molecule has 0 radical (unpaired) electrons. The molecule has 8 nitrogen and oxygen atoms in total. The van der Waals surface area contributed by atoms with Crippen LogP contribution in [0, 0.1) is 24.7 Å². The van der Waals surface area contributed by atoms with E-state index in [-0.39, 0.29) is 5.91 Å². The van der Waals surface area contributed by atoms with Crippen LogP contribution < -0.4 is 20.7 Å². The highest BCUT2D eigenvalue weighted by molar-refractivity contribution is 6.04. The maximum absolute atomic E-state index is 13.1. The molecule has 3 fully saturated rings. The number of hydrogen-bond acceptors (Lipinski definition) is 7. The SMILES string of the molecule is Cc1ccc2c(NC(=O)CC3CC4CCC3C4)cccc2c1Oc1ncccc1-c1ccnc(NC2CCCNC2)n1. The molecule has 4 atom stereocenters. The van der Waals surface area contributed by atoms with Crippen LogP contribution in [-0.4, -0.2) is 40.0 Å². The van der Waals surface area contributed by atoms with Crippen molar-refractivity contribution >= 4 is 28.3 Å². The number of anilines is 2. The van der Waals surface area contributed by atoms with Crippen LogP contribution >= 0.6 is 0 Å². The molecule has 3 aliphatic rings. The summed E-state index contributed by atoms with van der Waals surface area (Å²) in [6.45, 7) is 3.99. The maximum Gasteiger partial charge on any atom is 0.228 e. The molecule has 3 heterocycles. The zero-order valence-corrected chi connectivity index (χ0v) is 24.1. The van der Waals surface area contributed by atoms with Crippen molar-refractivity contribution in [2.24, 2.45) is 17.8 Å². The number of ether oxygens (including phenoxy) is 1. The summed E-state index contributed by atoms with van der Waals surface area (Å²) in [7, 11) is 0. The summed E-state index contributed by atoms with van der Waals surface area (Å²) in [5.74, 6) is 3.99. The van der Waals surface area contributed by atoms with E-state index >= 15 is 0 Å². The van der Waals surface area contributed by atoms with Gasteiger partial charge in [0.25, 0.3) is 0 Å². The molecule has 4 unspecified atom stereocenters. The molecule has 1 amide bonds. The molecule has 8 heteroatoms. The number of fused-ring (bicyclic) bond motifs is 3. The molecule has 7 rings (SSSR count). The molecule has 216 valence electrons. The van der Waals surface area contributed by atoms with E-state index in [9.17, 15) is 4.79 Å². The molecule has 2 bridgehead atoms. The Bertz CT molecular complexity index is 1600. The topological polar surface area (TPSA) is 101 Å². The van der Waals surface area contributed by atoms with Crippen LogP contribution in [-0.2, 0) is 4.79 Å². The van der Waals surface area contributed by atoms with Crippen LogP contribution in [0.4, 0.5) is 11.6 Å². The van der Waals surface area contributed by atoms with Gasteiger partial charge in [-0.15, -0.1) is 0 Å². The lowest BCUT2D eigenvalue weighted by atomic mass is 9.86. The summed E-state index contributed by atoms with van der Waals surface area (Å²) in [4.78, 5) is 27.0. The number of aryl methyl sites for hydroxylation is 1. The smallest absolute Gasteiger partial charge is 0.228 e. The fourth-order valence-electron chi connectivity index (χ4n) is 7.25. The molecule has 2 aromatic carbocycles. The Morgan fingerprint density at radius 3 is 2.79 bits per heavy atom. The van der Waals surface area contributed by atoms with Crippen molar-refractivity contribution < 1.29 is 9.53 Å². The summed E-state index contributed by atoms with van der Waals surface area (Å²) in [6, 6.07) is 16.1. The van der Waals surface area contributed by atoms with Crippen molar-refractivity contribution in [3.05, 3.63) is 66.5 Å². The number of rotatable bonds is 8. The summed E-state index contributed by atoms with van der Waals surface area (Å²) < 4.78 is 6.58. The number of nitrogens with one attached hydrogen (secondary N) is 3. The van der Waals surface area contributed by atoms with E-state index in [1.54, 1.807) is 12.4 Å². The minimum atomic E-state index is 0.104. The van der Waals surface area contributed by atoms with Gasteiger partial charge in [-0.1, -0.05) is 30.7 Å². The predicted molar refractivity (Wildman–Crippen MR) is 166 cm³/mol. The Morgan fingerprint density at radius 1 is 1.00 bits per heavy atom. The van der Waals surface area contributed by atoms with Gasteiger partial charge in [0.05, 0.1) is 11.3 Å². The van der Waals surface area contributed by atoms with Gasteiger partial charge in [-0.25, -0.2) is 15.0 Å². The molecular weight excluding hydrogens is 524 g/mol. The molecular formula is C34H38N6O2. The van der Waals surface area contributed by atoms with Gasteiger partial charge < -0.3 is 20.7 Å². The van der Waals surface area contributed by atoms with E-state index in [0.717, 1.165) is 76.8 Å². The van der Waals surface area contributed by atoms with Crippen molar-refractivity contribution in [2.75, 3.05) is 23.7 Å². The first-order chi connectivity index (χ1) is 20.6. The molecule has 0 spiro atoms.